The number of hydrogen-bond donors (Lipinski definition) is 1. The Labute approximate surface area is 223 Å². The van der Waals surface area contributed by atoms with Crippen LogP contribution in [0.15, 0.2) is 72.8 Å². The van der Waals surface area contributed by atoms with Gasteiger partial charge in [-0.3, -0.25) is 13.9 Å². The summed E-state index contributed by atoms with van der Waals surface area (Å²) in [5, 5.41) is 3.42. The first kappa shape index (κ1) is 26.7. The molecule has 1 aliphatic rings. The van der Waals surface area contributed by atoms with Crippen LogP contribution < -0.4 is 9.62 Å². The van der Waals surface area contributed by atoms with E-state index in [-0.39, 0.29) is 18.4 Å². The molecule has 4 rings (SSSR count). The number of hydrogen-bond acceptors (Lipinski definition) is 4. The average Bonchev–Trinajstić information content (AvgIpc) is 3.17. The molecular formula is C28H30ClN3O4S. The Morgan fingerprint density at radius 1 is 0.892 bits per heavy atom. The predicted octanol–water partition coefficient (Wildman–Crippen LogP) is 5.57. The number of carbonyl (C=O) groups is 2. The normalized spacial score (nSPS) is 14.1. The van der Waals surface area contributed by atoms with E-state index in [9.17, 15) is 18.0 Å². The topological polar surface area (TPSA) is 86.8 Å². The fourth-order valence-electron chi connectivity index (χ4n) is 4.35. The third kappa shape index (κ3) is 6.90. The number of rotatable bonds is 7. The van der Waals surface area contributed by atoms with E-state index in [0.29, 0.717) is 27.5 Å². The lowest BCUT2D eigenvalue weighted by molar-refractivity contribution is 0.0762. The molecule has 1 saturated heterocycles. The molecule has 194 valence electrons. The van der Waals surface area contributed by atoms with Crippen molar-refractivity contribution in [1.82, 2.24) is 4.90 Å². The number of sulfonamides is 1. The van der Waals surface area contributed by atoms with Gasteiger partial charge >= 0.3 is 0 Å². The maximum absolute atomic E-state index is 13.2. The van der Waals surface area contributed by atoms with E-state index >= 15 is 0 Å². The van der Waals surface area contributed by atoms with Gasteiger partial charge < -0.3 is 10.2 Å². The molecule has 7 nitrogen and oxygen atoms in total. The monoisotopic (exact) mass is 539 g/mol. The van der Waals surface area contributed by atoms with Gasteiger partial charge in [0.2, 0.25) is 10.0 Å². The van der Waals surface area contributed by atoms with Crippen LogP contribution in [0, 0.1) is 0 Å². The van der Waals surface area contributed by atoms with Gasteiger partial charge in [0.15, 0.2) is 0 Å². The zero-order valence-electron chi connectivity index (χ0n) is 20.7. The highest BCUT2D eigenvalue weighted by Crippen LogP contribution is 2.24. The molecular weight excluding hydrogens is 510 g/mol. The minimum Gasteiger partial charge on any atom is -0.339 e. The Morgan fingerprint density at radius 2 is 1.51 bits per heavy atom. The summed E-state index contributed by atoms with van der Waals surface area (Å²) in [6.45, 7) is 1.57. The molecule has 1 fully saturated rings. The van der Waals surface area contributed by atoms with E-state index in [0.717, 1.165) is 50.6 Å². The van der Waals surface area contributed by atoms with Gasteiger partial charge in [0.05, 0.1) is 29.7 Å². The van der Waals surface area contributed by atoms with Crippen molar-refractivity contribution in [1.29, 1.82) is 0 Å². The predicted molar refractivity (Wildman–Crippen MR) is 148 cm³/mol. The van der Waals surface area contributed by atoms with Crippen LogP contribution in [0.2, 0.25) is 5.02 Å². The molecule has 1 heterocycles. The first-order valence-electron chi connectivity index (χ1n) is 12.2. The van der Waals surface area contributed by atoms with Gasteiger partial charge in [-0.05, 0) is 66.9 Å². The fourth-order valence-corrected chi connectivity index (χ4v) is 5.37. The van der Waals surface area contributed by atoms with Crippen LogP contribution in [0.1, 0.15) is 52.0 Å². The van der Waals surface area contributed by atoms with Crippen molar-refractivity contribution in [2.45, 2.75) is 32.2 Å². The number of carbonyl (C=O) groups excluding carboxylic acids is 2. The summed E-state index contributed by atoms with van der Waals surface area (Å²) in [7, 11) is -3.58. The summed E-state index contributed by atoms with van der Waals surface area (Å²) < 4.78 is 26.3. The number of likely N-dealkylation sites (tertiary alicyclic amines) is 1. The van der Waals surface area contributed by atoms with Crippen LogP contribution in [0.25, 0.3) is 0 Å². The summed E-state index contributed by atoms with van der Waals surface area (Å²) in [6.07, 6.45) is 5.34. The van der Waals surface area contributed by atoms with Gasteiger partial charge in [-0.25, -0.2) is 8.42 Å². The third-order valence-electron chi connectivity index (χ3n) is 6.36. The molecule has 0 saturated carbocycles. The number of anilines is 2. The second-order valence-electron chi connectivity index (χ2n) is 9.15. The summed E-state index contributed by atoms with van der Waals surface area (Å²) in [4.78, 5) is 28.1. The van der Waals surface area contributed by atoms with E-state index in [4.69, 9.17) is 11.6 Å². The number of amides is 2. The van der Waals surface area contributed by atoms with Crippen LogP contribution >= 0.6 is 11.6 Å². The highest BCUT2D eigenvalue weighted by Gasteiger charge is 2.22. The standard InChI is InChI=1S/C28H30ClN3O4S/c1-37(35,36)32(20-21-10-14-23(29)15-11-21)24-16-12-22(13-17-24)27(33)30-26-9-5-4-8-25(26)28(34)31-18-6-2-3-7-19-31/h4-5,8-17H,2-3,6-7,18-20H2,1H3,(H,30,33). The van der Waals surface area contributed by atoms with Gasteiger partial charge in [0.25, 0.3) is 11.8 Å². The lowest BCUT2D eigenvalue weighted by Gasteiger charge is -2.23. The Kier molecular flexibility index (Phi) is 8.51. The van der Waals surface area contributed by atoms with E-state index < -0.39 is 10.0 Å². The number of halogens is 1. The second-order valence-corrected chi connectivity index (χ2v) is 11.5. The van der Waals surface area contributed by atoms with E-state index in [2.05, 4.69) is 5.32 Å². The maximum Gasteiger partial charge on any atom is 0.255 e. The second kappa shape index (κ2) is 11.8. The number of nitrogens with zero attached hydrogens (tertiary/aromatic N) is 2. The molecule has 3 aromatic carbocycles. The summed E-state index contributed by atoms with van der Waals surface area (Å²) in [5.41, 5.74) is 2.47. The Bertz CT molecular complexity index is 1350. The molecule has 0 bridgehead atoms. The summed E-state index contributed by atoms with van der Waals surface area (Å²) >= 11 is 5.94. The maximum atomic E-state index is 13.2. The molecule has 0 radical (unpaired) electrons. The largest absolute Gasteiger partial charge is 0.339 e. The molecule has 0 atom stereocenters. The molecule has 0 unspecified atom stereocenters. The summed E-state index contributed by atoms with van der Waals surface area (Å²) in [6, 6.07) is 20.3. The molecule has 3 aromatic rings. The van der Waals surface area contributed by atoms with Crippen molar-refractivity contribution in [3.8, 4) is 0 Å². The Morgan fingerprint density at radius 3 is 2.14 bits per heavy atom. The lowest BCUT2D eigenvalue weighted by Crippen LogP contribution is -2.32. The number of nitrogens with one attached hydrogen (secondary N) is 1. The van der Waals surface area contributed by atoms with Crippen molar-refractivity contribution in [2.75, 3.05) is 29.0 Å². The van der Waals surface area contributed by atoms with Gasteiger partial charge in [0, 0.05) is 23.7 Å². The molecule has 9 heteroatoms. The minimum absolute atomic E-state index is 0.0841. The van der Waals surface area contributed by atoms with E-state index in [1.165, 1.54) is 4.31 Å². The average molecular weight is 540 g/mol. The first-order chi connectivity index (χ1) is 17.7. The SMILES string of the molecule is CS(=O)(=O)N(Cc1ccc(Cl)cc1)c1ccc(C(=O)Nc2ccccc2C(=O)N2CCCCCC2)cc1. The van der Waals surface area contributed by atoms with Crippen LogP contribution in [0.3, 0.4) is 0 Å². The molecule has 2 amide bonds. The summed E-state index contributed by atoms with van der Waals surface area (Å²) in [5.74, 6) is -0.467. The number of para-hydroxylation sites is 1. The van der Waals surface area contributed by atoms with Gasteiger partial charge in [-0.1, -0.05) is 48.7 Å². The quantitative estimate of drug-likeness (QED) is 0.425. The zero-order valence-corrected chi connectivity index (χ0v) is 22.3. The fraction of sp³-hybridized carbons (Fsp3) is 0.286. The third-order valence-corrected chi connectivity index (χ3v) is 7.75. The first-order valence-corrected chi connectivity index (χ1v) is 14.5. The molecule has 37 heavy (non-hydrogen) atoms. The van der Waals surface area contributed by atoms with E-state index in [1.54, 1.807) is 72.8 Å². The van der Waals surface area contributed by atoms with Gasteiger partial charge in [-0.2, -0.15) is 0 Å². The van der Waals surface area contributed by atoms with Crippen molar-refractivity contribution < 1.29 is 18.0 Å². The van der Waals surface area contributed by atoms with Crippen molar-refractivity contribution in [3.63, 3.8) is 0 Å². The Hall–Kier alpha value is -3.36. The molecule has 0 aromatic heterocycles. The smallest absolute Gasteiger partial charge is 0.255 e. The Balaban J connectivity index is 1.51. The molecule has 0 spiro atoms. The van der Waals surface area contributed by atoms with Crippen molar-refractivity contribution in [3.05, 3.63) is 94.5 Å². The van der Waals surface area contributed by atoms with Crippen LogP contribution in [-0.2, 0) is 16.6 Å². The van der Waals surface area contributed by atoms with Crippen LogP contribution in [0.4, 0.5) is 11.4 Å². The number of benzene rings is 3. The van der Waals surface area contributed by atoms with Crippen molar-refractivity contribution >= 4 is 44.8 Å². The van der Waals surface area contributed by atoms with Crippen molar-refractivity contribution in [2.24, 2.45) is 0 Å². The van der Waals surface area contributed by atoms with Crippen LogP contribution in [0.5, 0.6) is 0 Å². The lowest BCUT2D eigenvalue weighted by atomic mass is 10.1. The molecule has 0 aliphatic carbocycles. The zero-order chi connectivity index (χ0) is 26.4. The highest BCUT2D eigenvalue weighted by molar-refractivity contribution is 7.92. The molecule has 1 aliphatic heterocycles. The molecule has 1 N–H and O–H groups in total. The van der Waals surface area contributed by atoms with Gasteiger partial charge in [0.1, 0.15) is 0 Å². The minimum atomic E-state index is -3.58. The van der Waals surface area contributed by atoms with E-state index in [1.807, 2.05) is 4.90 Å². The highest BCUT2D eigenvalue weighted by atomic mass is 35.5. The van der Waals surface area contributed by atoms with Gasteiger partial charge in [-0.15, -0.1) is 0 Å². The van der Waals surface area contributed by atoms with Crippen LogP contribution in [-0.4, -0.2) is 44.5 Å².